The van der Waals surface area contributed by atoms with E-state index in [2.05, 4.69) is 10.5 Å². The van der Waals surface area contributed by atoms with Crippen LogP contribution in [0.5, 0.6) is 5.75 Å². The molecule has 0 aliphatic heterocycles. The normalized spacial score (nSPS) is 10.9. The largest absolute Gasteiger partial charge is 0.489 e. The third-order valence-electron chi connectivity index (χ3n) is 4.74. The average Bonchev–Trinajstić information content (AvgIpc) is 2.79. The van der Waals surface area contributed by atoms with E-state index < -0.39 is 0 Å². The van der Waals surface area contributed by atoms with Gasteiger partial charge in [-0.25, -0.2) is 5.43 Å². The van der Waals surface area contributed by atoms with Gasteiger partial charge in [-0.2, -0.15) is 5.10 Å². The summed E-state index contributed by atoms with van der Waals surface area (Å²) >= 11 is 0. The van der Waals surface area contributed by atoms with E-state index in [4.69, 9.17) is 4.74 Å². The number of hydrogen-bond donors (Lipinski definition) is 1. The molecule has 4 aromatic rings. The molecule has 0 saturated carbocycles. The molecule has 148 valence electrons. The number of carbonyl (C=O) groups excluding carboxylic acids is 1. The number of amides is 1. The predicted octanol–water partition coefficient (Wildman–Crippen LogP) is 5.11. The lowest BCUT2D eigenvalue weighted by molar-refractivity contribution is -0.120. The summed E-state index contributed by atoms with van der Waals surface area (Å²) in [7, 11) is 0. The lowest BCUT2D eigenvalue weighted by atomic mass is 10.0. The van der Waals surface area contributed by atoms with E-state index in [9.17, 15) is 4.79 Å². The number of rotatable bonds is 7. The van der Waals surface area contributed by atoms with Crippen molar-refractivity contribution in [3.8, 4) is 5.75 Å². The van der Waals surface area contributed by atoms with Gasteiger partial charge in [-0.05, 0) is 39.6 Å². The number of carbonyl (C=O) groups is 1. The lowest BCUT2D eigenvalue weighted by Gasteiger charge is -2.07. The molecule has 0 radical (unpaired) electrons. The molecule has 0 fully saturated rings. The third-order valence-corrected chi connectivity index (χ3v) is 4.74. The number of benzene rings is 4. The Balaban J connectivity index is 1.34. The molecule has 0 bridgehead atoms. The summed E-state index contributed by atoms with van der Waals surface area (Å²) in [6.45, 7) is 0.503. The van der Waals surface area contributed by atoms with Crippen LogP contribution in [0.3, 0.4) is 0 Å². The van der Waals surface area contributed by atoms with E-state index in [1.807, 2.05) is 97.1 Å². The summed E-state index contributed by atoms with van der Waals surface area (Å²) in [5.41, 5.74) is 5.56. The van der Waals surface area contributed by atoms with Crippen LogP contribution in [-0.4, -0.2) is 12.1 Å². The van der Waals surface area contributed by atoms with Gasteiger partial charge in [-0.15, -0.1) is 0 Å². The van der Waals surface area contributed by atoms with Crippen molar-refractivity contribution < 1.29 is 9.53 Å². The minimum atomic E-state index is -0.154. The molecule has 0 unspecified atom stereocenters. The number of nitrogens with one attached hydrogen (secondary N) is 1. The Hall–Kier alpha value is -3.92. The zero-order valence-electron chi connectivity index (χ0n) is 16.5. The van der Waals surface area contributed by atoms with Crippen LogP contribution in [0.4, 0.5) is 0 Å². The summed E-state index contributed by atoms with van der Waals surface area (Å²) in [5, 5.41) is 6.31. The van der Waals surface area contributed by atoms with Gasteiger partial charge in [0.25, 0.3) is 0 Å². The van der Waals surface area contributed by atoms with Gasteiger partial charge in [-0.1, -0.05) is 84.9 Å². The van der Waals surface area contributed by atoms with Crippen LogP contribution in [0.15, 0.2) is 102 Å². The minimum absolute atomic E-state index is 0.154. The zero-order valence-corrected chi connectivity index (χ0v) is 16.5. The predicted molar refractivity (Wildman–Crippen MR) is 121 cm³/mol. The summed E-state index contributed by atoms with van der Waals surface area (Å²) < 4.78 is 5.83. The number of nitrogens with zero attached hydrogens (tertiary/aromatic N) is 1. The molecule has 0 heterocycles. The van der Waals surface area contributed by atoms with Gasteiger partial charge in [0, 0.05) is 0 Å². The van der Waals surface area contributed by atoms with Crippen LogP contribution in [0.1, 0.15) is 16.7 Å². The Bertz CT molecular complexity index is 1160. The number of hydrazone groups is 1. The highest BCUT2D eigenvalue weighted by Gasteiger charge is 2.06. The maximum atomic E-state index is 12.3. The van der Waals surface area contributed by atoms with Gasteiger partial charge in [-0.3, -0.25) is 4.79 Å². The molecule has 0 atom stereocenters. The smallest absolute Gasteiger partial charge is 0.244 e. The molecule has 0 aliphatic carbocycles. The Morgan fingerprint density at radius 3 is 2.53 bits per heavy atom. The number of ether oxygens (including phenoxy) is 1. The summed E-state index contributed by atoms with van der Waals surface area (Å²) in [6, 6.07) is 31.6. The van der Waals surface area contributed by atoms with Gasteiger partial charge < -0.3 is 4.74 Å². The number of hydrogen-bond acceptors (Lipinski definition) is 3. The van der Waals surface area contributed by atoms with E-state index in [-0.39, 0.29) is 12.3 Å². The second-order valence-corrected chi connectivity index (χ2v) is 6.95. The summed E-state index contributed by atoms with van der Waals surface area (Å²) in [6.07, 6.45) is 1.90. The molecule has 0 aromatic heterocycles. The third kappa shape index (κ3) is 5.11. The second-order valence-electron chi connectivity index (χ2n) is 6.95. The average molecular weight is 394 g/mol. The van der Waals surface area contributed by atoms with Crippen molar-refractivity contribution in [3.63, 3.8) is 0 Å². The first-order chi connectivity index (χ1) is 14.8. The van der Waals surface area contributed by atoms with Crippen molar-refractivity contribution in [1.82, 2.24) is 5.43 Å². The summed E-state index contributed by atoms with van der Waals surface area (Å²) in [5.74, 6) is 0.601. The fourth-order valence-corrected chi connectivity index (χ4v) is 3.26. The number of fused-ring (bicyclic) bond motifs is 1. The topological polar surface area (TPSA) is 50.7 Å². The Labute approximate surface area is 175 Å². The Morgan fingerprint density at radius 1 is 0.867 bits per heavy atom. The highest BCUT2D eigenvalue weighted by molar-refractivity contribution is 5.90. The monoisotopic (exact) mass is 394 g/mol. The summed E-state index contributed by atoms with van der Waals surface area (Å²) in [4.78, 5) is 12.3. The van der Waals surface area contributed by atoms with Crippen molar-refractivity contribution in [3.05, 3.63) is 114 Å². The van der Waals surface area contributed by atoms with E-state index in [1.165, 1.54) is 0 Å². The Morgan fingerprint density at radius 2 is 1.63 bits per heavy atom. The van der Waals surface area contributed by atoms with Crippen LogP contribution >= 0.6 is 0 Å². The molecule has 4 nitrogen and oxygen atoms in total. The molecule has 4 heteroatoms. The van der Waals surface area contributed by atoms with E-state index in [0.29, 0.717) is 6.61 Å². The second kappa shape index (κ2) is 9.52. The van der Waals surface area contributed by atoms with Gasteiger partial charge >= 0.3 is 0 Å². The first-order valence-corrected chi connectivity index (χ1v) is 9.83. The van der Waals surface area contributed by atoms with Gasteiger partial charge in [0.15, 0.2) is 0 Å². The first kappa shape index (κ1) is 19.4. The standard InChI is InChI=1S/C26H22N2O2/c29-26(17-23-13-7-12-22-11-4-5-15-25(22)23)28-27-18-21-10-6-14-24(16-21)30-19-20-8-2-1-3-9-20/h1-16,18H,17,19H2,(H,28,29)/b27-18+. The van der Waals surface area contributed by atoms with Crippen LogP contribution < -0.4 is 10.2 Å². The molecule has 30 heavy (non-hydrogen) atoms. The molecule has 0 spiro atoms. The molecule has 4 aromatic carbocycles. The van der Waals surface area contributed by atoms with Gasteiger partial charge in [0.2, 0.25) is 5.91 Å². The van der Waals surface area contributed by atoms with E-state index in [0.717, 1.165) is 33.2 Å². The van der Waals surface area contributed by atoms with Crippen LogP contribution in [0, 0.1) is 0 Å². The fourth-order valence-electron chi connectivity index (χ4n) is 3.26. The van der Waals surface area contributed by atoms with Crippen LogP contribution in [0.2, 0.25) is 0 Å². The SMILES string of the molecule is O=C(Cc1cccc2ccccc12)N/N=C/c1cccc(OCc2ccccc2)c1. The van der Waals surface area contributed by atoms with Gasteiger partial charge in [0.05, 0.1) is 12.6 Å². The van der Waals surface area contributed by atoms with Crippen molar-refractivity contribution >= 4 is 22.9 Å². The highest BCUT2D eigenvalue weighted by atomic mass is 16.5. The van der Waals surface area contributed by atoms with E-state index in [1.54, 1.807) is 6.21 Å². The highest BCUT2D eigenvalue weighted by Crippen LogP contribution is 2.19. The van der Waals surface area contributed by atoms with E-state index >= 15 is 0 Å². The maximum Gasteiger partial charge on any atom is 0.244 e. The van der Waals surface area contributed by atoms with Gasteiger partial charge in [0.1, 0.15) is 12.4 Å². The zero-order chi connectivity index (χ0) is 20.6. The molecule has 0 saturated heterocycles. The first-order valence-electron chi connectivity index (χ1n) is 9.83. The Kier molecular flexibility index (Phi) is 6.16. The van der Waals surface area contributed by atoms with Crippen LogP contribution in [0.25, 0.3) is 10.8 Å². The lowest BCUT2D eigenvalue weighted by Crippen LogP contribution is -2.19. The molecule has 1 N–H and O–H groups in total. The maximum absolute atomic E-state index is 12.3. The van der Waals surface area contributed by atoms with Crippen LogP contribution in [-0.2, 0) is 17.8 Å². The molecule has 0 aliphatic rings. The van der Waals surface area contributed by atoms with Crippen molar-refractivity contribution in [1.29, 1.82) is 0 Å². The van der Waals surface area contributed by atoms with Crippen molar-refractivity contribution in [2.75, 3.05) is 0 Å². The quantitative estimate of drug-likeness (QED) is 0.350. The van der Waals surface area contributed by atoms with Crippen molar-refractivity contribution in [2.24, 2.45) is 5.10 Å². The van der Waals surface area contributed by atoms with Crippen molar-refractivity contribution in [2.45, 2.75) is 13.0 Å². The molecule has 4 rings (SSSR count). The molecule has 1 amide bonds. The fraction of sp³-hybridized carbons (Fsp3) is 0.0769. The molecular formula is C26H22N2O2. The molecular weight excluding hydrogens is 372 g/mol. The minimum Gasteiger partial charge on any atom is -0.489 e.